The standard InChI is InChI=1S/C8H12N2/c1-3-10(2)8-6-4-5-7-9-8/h4-7H,3H2,1-2H3. The molecule has 2 nitrogen and oxygen atoms in total. The number of nitrogens with zero attached hydrogens (tertiary/aromatic N) is 2. The predicted molar refractivity (Wildman–Crippen MR) is 43.2 cm³/mol. The van der Waals surface area contributed by atoms with E-state index in [-0.39, 0.29) is 0 Å². The van der Waals surface area contributed by atoms with E-state index in [0.29, 0.717) is 0 Å². The van der Waals surface area contributed by atoms with E-state index in [4.69, 9.17) is 0 Å². The van der Waals surface area contributed by atoms with Crippen molar-refractivity contribution < 1.29 is 0 Å². The fraction of sp³-hybridized carbons (Fsp3) is 0.375. The van der Waals surface area contributed by atoms with Crippen LogP contribution >= 0.6 is 0 Å². The minimum absolute atomic E-state index is 0.997. The van der Waals surface area contributed by atoms with Crippen LogP contribution in [-0.4, -0.2) is 18.6 Å². The summed E-state index contributed by atoms with van der Waals surface area (Å²) in [6.07, 6.45) is 1.81. The molecule has 1 heterocycles. The highest BCUT2D eigenvalue weighted by Gasteiger charge is 1.94. The van der Waals surface area contributed by atoms with Crippen LogP contribution in [0.3, 0.4) is 0 Å². The van der Waals surface area contributed by atoms with Gasteiger partial charge in [-0.3, -0.25) is 0 Å². The molecule has 0 bridgehead atoms. The van der Waals surface area contributed by atoms with Crippen LogP contribution < -0.4 is 4.90 Å². The van der Waals surface area contributed by atoms with E-state index in [2.05, 4.69) is 16.8 Å². The van der Waals surface area contributed by atoms with E-state index in [1.807, 2.05) is 31.4 Å². The molecule has 1 aromatic rings. The third kappa shape index (κ3) is 1.47. The lowest BCUT2D eigenvalue weighted by molar-refractivity contribution is 0.938. The SMILES string of the molecule is CCN(C)c1ccccn1. The number of pyridine rings is 1. The molecular weight excluding hydrogens is 124 g/mol. The molecule has 0 aromatic carbocycles. The molecule has 1 rings (SSSR count). The van der Waals surface area contributed by atoms with Gasteiger partial charge in [0.1, 0.15) is 5.82 Å². The van der Waals surface area contributed by atoms with Crippen LogP contribution in [-0.2, 0) is 0 Å². The molecule has 0 unspecified atom stereocenters. The molecule has 10 heavy (non-hydrogen) atoms. The van der Waals surface area contributed by atoms with Crippen molar-refractivity contribution >= 4 is 5.82 Å². The van der Waals surface area contributed by atoms with Crippen molar-refractivity contribution in [3.63, 3.8) is 0 Å². The molecule has 2 heteroatoms. The normalized spacial score (nSPS) is 9.40. The van der Waals surface area contributed by atoms with Crippen molar-refractivity contribution in [3.8, 4) is 0 Å². The van der Waals surface area contributed by atoms with Gasteiger partial charge in [-0.05, 0) is 19.1 Å². The Labute approximate surface area is 61.5 Å². The third-order valence-corrected chi connectivity index (χ3v) is 1.51. The van der Waals surface area contributed by atoms with Crippen LogP contribution in [0.25, 0.3) is 0 Å². The maximum absolute atomic E-state index is 4.18. The quantitative estimate of drug-likeness (QED) is 0.613. The minimum atomic E-state index is 0.997. The van der Waals surface area contributed by atoms with Crippen molar-refractivity contribution in [1.29, 1.82) is 0 Å². The molecule has 0 radical (unpaired) electrons. The van der Waals surface area contributed by atoms with Gasteiger partial charge in [-0.2, -0.15) is 0 Å². The first-order valence-electron chi connectivity index (χ1n) is 3.46. The highest BCUT2D eigenvalue weighted by atomic mass is 15.1. The van der Waals surface area contributed by atoms with E-state index in [0.717, 1.165) is 12.4 Å². The number of hydrogen-bond acceptors (Lipinski definition) is 2. The molecule has 0 spiro atoms. The lowest BCUT2D eigenvalue weighted by Gasteiger charge is -2.13. The molecule has 0 aliphatic heterocycles. The maximum Gasteiger partial charge on any atom is 0.128 e. The minimum Gasteiger partial charge on any atom is -0.360 e. The lowest BCUT2D eigenvalue weighted by Crippen LogP contribution is -2.16. The van der Waals surface area contributed by atoms with Crippen LogP contribution in [0.1, 0.15) is 6.92 Å². The Kier molecular flexibility index (Phi) is 2.26. The topological polar surface area (TPSA) is 16.1 Å². The summed E-state index contributed by atoms with van der Waals surface area (Å²) in [6.45, 7) is 3.10. The van der Waals surface area contributed by atoms with Crippen LogP contribution in [0.5, 0.6) is 0 Å². The van der Waals surface area contributed by atoms with Crippen LogP contribution in [0.2, 0.25) is 0 Å². The van der Waals surface area contributed by atoms with Gasteiger partial charge in [-0.1, -0.05) is 6.07 Å². The second kappa shape index (κ2) is 3.20. The van der Waals surface area contributed by atoms with Crippen molar-refractivity contribution in [1.82, 2.24) is 4.98 Å². The summed E-state index contributed by atoms with van der Waals surface area (Å²) < 4.78 is 0. The molecule has 0 saturated carbocycles. The van der Waals surface area contributed by atoms with Gasteiger partial charge in [0, 0.05) is 19.8 Å². The number of aromatic nitrogens is 1. The van der Waals surface area contributed by atoms with Gasteiger partial charge in [-0.15, -0.1) is 0 Å². The third-order valence-electron chi connectivity index (χ3n) is 1.51. The number of hydrogen-bond donors (Lipinski definition) is 0. The zero-order valence-corrected chi connectivity index (χ0v) is 6.41. The summed E-state index contributed by atoms with van der Waals surface area (Å²) in [5, 5.41) is 0. The Hall–Kier alpha value is -1.05. The van der Waals surface area contributed by atoms with E-state index in [1.165, 1.54) is 0 Å². The molecule has 54 valence electrons. The molecule has 0 N–H and O–H groups in total. The van der Waals surface area contributed by atoms with Gasteiger partial charge in [0.25, 0.3) is 0 Å². The summed E-state index contributed by atoms with van der Waals surface area (Å²) in [4.78, 5) is 6.27. The zero-order valence-electron chi connectivity index (χ0n) is 6.41. The Bertz CT molecular complexity index is 184. The number of rotatable bonds is 2. The Morgan fingerprint density at radius 2 is 2.30 bits per heavy atom. The van der Waals surface area contributed by atoms with Gasteiger partial charge in [0.15, 0.2) is 0 Å². The average Bonchev–Trinajstić information content (AvgIpc) is 2.05. The molecule has 0 saturated heterocycles. The molecule has 0 atom stereocenters. The maximum atomic E-state index is 4.18. The van der Waals surface area contributed by atoms with Gasteiger partial charge in [0.05, 0.1) is 0 Å². The monoisotopic (exact) mass is 136 g/mol. The van der Waals surface area contributed by atoms with E-state index < -0.39 is 0 Å². The fourth-order valence-electron chi connectivity index (χ4n) is 0.742. The molecular formula is C8H12N2. The Morgan fingerprint density at radius 1 is 1.50 bits per heavy atom. The molecule has 0 fully saturated rings. The first-order chi connectivity index (χ1) is 4.84. The van der Waals surface area contributed by atoms with Crippen LogP contribution in [0.15, 0.2) is 24.4 Å². The largest absolute Gasteiger partial charge is 0.360 e. The second-order valence-electron chi connectivity index (χ2n) is 2.20. The van der Waals surface area contributed by atoms with Crippen LogP contribution in [0.4, 0.5) is 5.82 Å². The molecule has 0 aliphatic carbocycles. The van der Waals surface area contributed by atoms with Gasteiger partial charge in [-0.25, -0.2) is 4.98 Å². The summed E-state index contributed by atoms with van der Waals surface area (Å²) in [5.41, 5.74) is 0. The number of anilines is 1. The van der Waals surface area contributed by atoms with Crippen molar-refractivity contribution in [2.75, 3.05) is 18.5 Å². The second-order valence-corrected chi connectivity index (χ2v) is 2.20. The Morgan fingerprint density at radius 3 is 2.80 bits per heavy atom. The first kappa shape index (κ1) is 7.06. The summed E-state index contributed by atoms with van der Waals surface area (Å²) in [6, 6.07) is 5.92. The molecule has 0 aliphatic rings. The van der Waals surface area contributed by atoms with Crippen LogP contribution in [0, 0.1) is 0 Å². The highest BCUT2D eigenvalue weighted by Crippen LogP contribution is 2.04. The van der Waals surface area contributed by atoms with Gasteiger partial charge >= 0.3 is 0 Å². The zero-order chi connectivity index (χ0) is 7.40. The van der Waals surface area contributed by atoms with Crippen molar-refractivity contribution in [3.05, 3.63) is 24.4 Å². The average molecular weight is 136 g/mol. The van der Waals surface area contributed by atoms with Gasteiger partial charge < -0.3 is 4.90 Å². The lowest BCUT2D eigenvalue weighted by atomic mass is 10.4. The smallest absolute Gasteiger partial charge is 0.128 e. The first-order valence-corrected chi connectivity index (χ1v) is 3.46. The van der Waals surface area contributed by atoms with E-state index in [9.17, 15) is 0 Å². The highest BCUT2D eigenvalue weighted by molar-refractivity contribution is 5.35. The van der Waals surface area contributed by atoms with E-state index >= 15 is 0 Å². The predicted octanol–water partition coefficient (Wildman–Crippen LogP) is 1.54. The summed E-state index contributed by atoms with van der Waals surface area (Å²) in [7, 11) is 2.03. The van der Waals surface area contributed by atoms with Crippen molar-refractivity contribution in [2.45, 2.75) is 6.92 Å². The summed E-state index contributed by atoms with van der Waals surface area (Å²) in [5.74, 6) is 1.03. The fourth-order valence-corrected chi connectivity index (χ4v) is 0.742. The molecule has 0 amide bonds. The Balaban J connectivity index is 2.75. The van der Waals surface area contributed by atoms with Gasteiger partial charge in [0.2, 0.25) is 0 Å². The van der Waals surface area contributed by atoms with E-state index in [1.54, 1.807) is 0 Å². The summed E-state index contributed by atoms with van der Waals surface area (Å²) >= 11 is 0. The van der Waals surface area contributed by atoms with Crippen molar-refractivity contribution in [2.24, 2.45) is 0 Å². The molecule has 1 aromatic heterocycles.